The Morgan fingerprint density at radius 3 is 2.50 bits per heavy atom. The van der Waals surface area contributed by atoms with E-state index in [2.05, 4.69) is 48.6 Å². The summed E-state index contributed by atoms with van der Waals surface area (Å²) in [7, 11) is 0. The third-order valence-electron chi connectivity index (χ3n) is 5.05. The van der Waals surface area contributed by atoms with Crippen LogP contribution < -0.4 is 5.32 Å². The molecule has 0 aromatic heterocycles. The zero-order chi connectivity index (χ0) is 17.7. The zero-order valence-corrected chi connectivity index (χ0v) is 16.5. The van der Waals surface area contributed by atoms with Gasteiger partial charge in [0.05, 0.1) is 18.3 Å². The molecule has 0 saturated carbocycles. The van der Waals surface area contributed by atoms with Crippen LogP contribution in [0.1, 0.15) is 50.3 Å². The van der Waals surface area contributed by atoms with Crippen LogP contribution in [0.5, 0.6) is 0 Å². The molecule has 1 fully saturated rings. The Hall–Kier alpha value is -1.39. The van der Waals surface area contributed by atoms with Crippen molar-refractivity contribution in [2.75, 3.05) is 19.7 Å². The van der Waals surface area contributed by atoms with E-state index in [1.807, 2.05) is 19.1 Å². The maximum Gasteiger partial charge on any atom is 0.0955 e. The van der Waals surface area contributed by atoms with Crippen LogP contribution in [0.3, 0.4) is 0 Å². The molecule has 0 bridgehead atoms. The summed E-state index contributed by atoms with van der Waals surface area (Å²) in [5, 5.41) is 14.5. The smallest absolute Gasteiger partial charge is 0.0955 e. The van der Waals surface area contributed by atoms with Gasteiger partial charge in [-0.25, -0.2) is 0 Å². The lowest BCUT2D eigenvalue weighted by atomic mass is 9.83. The fourth-order valence-electron chi connectivity index (χ4n) is 3.63. The summed E-state index contributed by atoms with van der Waals surface area (Å²) in [5.41, 5.74) is 3.62. The van der Waals surface area contributed by atoms with E-state index in [1.54, 1.807) is 0 Å². The predicted molar refractivity (Wildman–Crippen MR) is 110 cm³/mol. The van der Waals surface area contributed by atoms with Crippen LogP contribution in [0, 0.1) is 0 Å². The Balaban J connectivity index is 0.00000243. The van der Waals surface area contributed by atoms with Gasteiger partial charge in [-0.3, -0.25) is 0 Å². The Morgan fingerprint density at radius 1 is 1.12 bits per heavy atom. The quantitative estimate of drug-likeness (QED) is 0.759. The van der Waals surface area contributed by atoms with Gasteiger partial charge in [-0.15, -0.1) is 12.4 Å². The number of benzene rings is 2. The molecule has 3 nitrogen and oxygen atoms in total. The fraction of sp³-hybridized carbons (Fsp3) is 0.455. The van der Waals surface area contributed by atoms with Gasteiger partial charge in [0.2, 0.25) is 0 Å². The number of unbranched alkanes of at least 4 members (excludes halogenated alkanes) is 1. The van der Waals surface area contributed by atoms with Crippen molar-refractivity contribution in [3.8, 4) is 11.1 Å². The summed E-state index contributed by atoms with van der Waals surface area (Å²) < 4.78 is 5.99. The molecule has 0 aliphatic carbocycles. The zero-order valence-electron chi connectivity index (χ0n) is 15.7. The van der Waals surface area contributed by atoms with Crippen LogP contribution in [0.15, 0.2) is 48.5 Å². The first kappa shape index (κ1) is 20.9. The van der Waals surface area contributed by atoms with E-state index >= 15 is 0 Å². The normalized spacial score (nSPS) is 19.4. The SMILES string of the molecule is CCCCC(C)(O)c1ccccc1-c1ccccc1C1CNCCO1.Cl. The van der Waals surface area contributed by atoms with Crippen molar-refractivity contribution in [2.45, 2.75) is 44.8 Å². The molecule has 0 radical (unpaired) electrons. The van der Waals surface area contributed by atoms with Crippen LogP contribution in [-0.4, -0.2) is 24.8 Å². The number of aliphatic hydroxyl groups is 1. The van der Waals surface area contributed by atoms with Gasteiger partial charge in [0.25, 0.3) is 0 Å². The molecule has 26 heavy (non-hydrogen) atoms. The topological polar surface area (TPSA) is 41.5 Å². The average Bonchev–Trinajstić information content (AvgIpc) is 2.67. The van der Waals surface area contributed by atoms with Crippen LogP contribution in [0.25, 0.3) is 11.1 Å². The first-order chi connectivity index (χ1) is 12.1. The van der Waals surface area contributed by atoms with Crippen molar-refractivity contribution in [3.63, 3.8) is 0 Å². The van der Waals surface area contributed by atoms with Gasteiger partial charge in [0, 0.05) is 13.1 Å². The van der Waals surface area contributed by atoms with E-state index in [0.29, 0.717) is 0 Å². The molecule has 2 N–H and O–H groups in total. The van der Waals surface area contributed by atoms with E-state index in [1.165, 1.54) is 5.56 Å². The van der Waals surface area contributed by atoms with E-state index in [4.69, 9.17) is 4.74 Å². The molecular formula is C22H30ClNO2. The van der Waals surface area contributed by atoms with Gasteiger partial charge >= 0.3 is 0 Å². The maximum atomic E-state index is 11.1. The Kier molecular flexibility index (Phi) is 7.66. The lowest BCUT2D eigenvalue weighted by molar-refractivity contribution is 0.0279. The molecule has 2 unspecified atom stereocenters. The van der Waals surface area contributed by atoms with E-state index < -0.39 is 5.60 Å². The first-order valence-corrected chi connectivity index (χ1v) is 9.37. The van der Waals surface area contributed by atoms with Gasteiger partial charge < -0.3 is 15.2 Å². The monoisotopic (exact) mass is 375 g/mol. The first-order valence-electron chi connectivity index (χ1n) is 9.37. The highest BCUT2D eigenvalue weighted by Crippen LogP contribution is 2.38. The Labute approximate surface area is 163 Å². The molecule has 3 rings (SSSR count). The minimum absolute atomic E-state index is 0. The molecule has 1 aliphatic rings. The molecule has 0 spiro atoms. The molecule has 0 amide bonds. The summed E-state index contributed by atoms with van der Waals surface area (Å²) in [5.74, 6) is 0. The van der Waals surface area contributed by atoms with Crippen molar-refractivity contribution in [2.24, 2.45) is 0 Å². The largest absolute Gasteiger partial charge is 0.385 e. The van der Waals surface area contributed by atoms with Crippen molar-refractivity contribution in [1.29, 1.82) is 0 Å². The Bertz CT molecular complexity index is 696. The standard InChI is InChI=1S/C22H29NO2.ClH/c1-3-4-13-22(2,24)20-12-8-7-10-18(20)17-9-5-6-11-19(17)21-16-23-14-15-25-21;/h5-12,21,23-24H,3-4,13-16H2,1-2H3;1H. The number of ether oxygens (including phenoxy) is 1. The lowest BCUT2D eigenvalue weighted by Crippen LogP contribution is -2.33. The van der Waals surface area contributed by atoms with Gasteiger partial charge in [-0.05, 0) is 35.6 Å². The van der Waals surface area contributed by atoms with E-state index in [0.717, 1.165) is 55.6 Å². The summed E-state index contributed by atoms with van der Waals surface area (Å²) in [6.07, 6.45) is 2.91. The minimum atomic E-state index is -0.828. The molecule has 1 aliphatic heterocycles. The second-order valence-electron chi connectivity index (χ2n) is 7.07. The highest BCUT2D eigenvalue weighted by atomic mass is 35.5. The van der Waals surface area contributed by atoms with Gasteiger partial charge in [-0.2, -0.15) is 0 Å². The van der Waals surface area contributed by atoms with E-state index in [-0.39, 0.29) is 18.5 Å². The van der Waals surface area contributed by atoms with Crippen LogP contribution in [0.4, 0.5) is 0 Å². The number of hydrogen-bond donors (Lipinski definition) is 2. The van der Waals surface area contributed by atoms with Crippen molar-refractivity contribution in [1.82, 2.24) is 5.32 Å². The minimum Gasteiger partial charge on any atom is -0.385 e. The van der Waals surface area contributed by atoms with E-state index in [9.17, 15) is 5.11 Å². The Morgan fingerprint density at radius 2 is 1.81 bits per heavy atom. The molecule has 4 heteroatoms. The number of halogens is 1. The average molecular weight is 376 g/mol. The van der Waals surface area contributed by atoms with Crippen LogP contribution in [-0.2, 0) is 10.3 Å². The van der Waals surface area contributed by atoms with Gasteiger partial charge in [0.15, 0.2) is 0 Å². The van der Waals surface area contributed by atoms with Crippen molar-refractivity contribution in [3.05, 3.63) is 59.7 Å². The van der Waals surface area contributed by atoms with Gasteiger partial charge in [-0.1, -0.05) is 68.3 Å². The molecule has 2 atom stereocenters. The van der Waals surface area contributed by atoms with Crippen molar-refractivity contribution >= 4 is 12.4 Å². The molecule has 2 aromatic carbocycles. The van der Waals surface area contributed by atoms with Crippen LogP contribution >= 0.6 is 12.4 Å². The predicted octanol–water partition coefficient (Wildman–Crippen LogP) is 4.83. The fourth-order valence-corrected chi connectivity index (χ4v) is 3.63. The highest BCUT2D eigenvalue weighted by Gasteiger charge is 2.27. The summed E-state index contributed by atoms with van der Waals surface area (Å²) in [6, 6.07) is 16.6. The molecule has 1 heterocycles. The maximum absolute atomic E-state index is 11.1. The second kappa shape index (κ2) is 9.52. The van der Waals surface area contributed by atoms with Crippen molar-refractivity contribution < 1.29 is 9.84 Å². The van der Waals surface area contributed by atoms with Gasteiger partial charge in [0.1, 0.15) is 0 Å². The molecule has 2 aromatic rings. The summed E-state index contributed by atoms with van der Waals surface area (Å²) >= 11 is 0. The molecule has 142 valence electrons. The molecule has 1 saturated heterocycles. The lowest BCUT2D eigenvalue weighted by Gasteiger charge is -2.29. The number of nitrogens with one attached hydrogen (secondary N) is 1. The van der Waals surface area contributed by atoms with Crippen LogP contribution in [0.2, 0.25) is 0 Å². The second-order valence-corrected chi connectivity index (χ2v) is 7.07. The number of hydrogen-bond acceptors (Lipinski definition) is 3. The third kappa shape index (κ3) is 4.66. The summed E-state index contributed by atoms with van der Waals surface area (Å²) in [4.78, 5) is 0. The third-order valence-corrected chi connectivity index (χ3v) is 5.05. The summed E-state index contributed by atoms with van der Waals surface area (Å²) in [6.45, 7) is 6.55. The number of morpholine rings is 1. The number of rotatable bonds is 6. The highest BCUT2D eigenvalue weighted by molar-refractivity contribution is 5.85. The molecular weight excluding hydrogens is 346 g/mol.